The van der Waals surface area contributed by atoms with Crippen molar-refractivity contribution in [2.24, 2.45) is 0 Å². The zero-order valence-electron chi connectivity index (χ0n) is 6.69. The summed E-state index contributed by atoms with van der Waals surface area (Å²) in [5, 5.41) is 14.4. The van der Waals surface area contributed by atoms with E-state index in [1.807, 2.05) is 0 Å². The van der Waals surface area contributed by atoms with Gasteiger partial charge in [-0.05, 0) is 0 Å². The van der Waals surface area contributed by atoms with Gasteiger partial charge in [0.25, 0.3) is 0 Å². The van der Waals surface area contributed by atoms with Crippen molar-refractivity contribution < 1.29 is 8.42 Å². The van der Waals surface area contributed by atoms with Crippen LogP contribution in [0.5, 0.6) is 0 Å². The van der Waals surface area contributed by atoms with Crippen LogP contribution in [-0.2, 0) is 16.6 Å². The van der Waals surface area contributed by atoms with E-state index in [9.17, 15) is 8.42 Å². The molecule has 0 saturated heterocycles. The van der Waals surface area contributed by atoms with Crippen molar-refractivity contribution in [1.29, 1.82) is 5.26 Å². The molecule has 2 N–H and O–H groups in total. The molecule has 0 spiro atoms. The number of nitrogens with one attached hydrogen (secondary N) is 2. The lowest BCUT2D eigenvalue weighted by Crippen LogP contribution is -2.25. The summed E-state index contributed by atoms with van der Waals surface area (Å²) in [7, 11) is -3.46. The van der Waals surface area contributed by atoms with E-state index in [0.717, 1.165) is 5.56 Å². The van der Waals surface area contributed by atoms with Crippen LogP contribution in [0.2, 0.25) is 0 Å². The quantitative estimate of drug-likeness (QED) is 0.674. The van der Waals surface area contributed by atoms with Gasteiger partial charge in [0.1, 0.15) is 0 Å². The normalized spacial score (nSPS) is 11.0. The van der Waals surface area contributed by atoms with Crippen LogP contribution in [0.3, 0.4) is 0 Å². The fourth-order valence-electron chi connectivity index (χ4n) is 0.704. The fraction of sp³-hybridized carbons (Fsp3) is 0.333. The van der Waals surface area contributed by atoms with Crippen LogP contribution >= 0.6 is 0 Å². The lowest BCUT2D eigenvalue weighted by atomic mass is 10.4. The van der Waals surface area contributed by atoms with Gasteiger partial charge in [-0.1, -0.05) is 0 Å². The number of nitrogens with zero attached hydrogens (tertiary/aromatic N) is 2. The third-order valence-corrected chi connectivity index (χ3v) is 2.40. The molecule has 0 aliphatic heterocycles. The summed E-state index contributed by atoms with van der Waals surface area (Å²) in [6.45, 7) is 0.153. The smallest absolute Gasteiger partial charge is 0.225 e. The Morgan fingerprint density at radius 1 is 1.69 bits per heavy atom. The monoisotopic (exact) mass is 200 g/mol. The Hall–Kier alpha value is -1.39. The van der Waals surface area contributed by atoms with Crippen molar-refractivity contribution in [3.63, 3.8) is 0 Å². The van der Waals surface area contributed by atoms with Gasteiger partial charge in [0.15, 0.2) is 5.75 Å². The minimum atomic E-state index is -3.46. The molecule has 0 atom stereocenters. The molecule has 7 heteroatoms. The number of hydrogen-bond donors (Lipinski definition) is 2. The Bertz CT molecular complexity index is 389. The summed E-state index contributed by atoms with van der Waals surface area (Å²) in [5.41, 5.74) is 0.724. The van der Waals surface area contributed by atoms with E-state index in [4.69, 9.17) is 5.26 Å². The molecule has 0 bridgehead atoms. The van der Waals surface area contributed by atoms with Crippen LogP contribution < -0.4 is 4.72 Å². The van der Waals surface area contributed by atoms with E-state index in [1.54, 1.807) is 12.3 Å². The molecule has 1 aromatic rings. The van der Waals surface area contributed by atoms with Gasteiger partial charge in [0.05, 0.1) is 12.3 Å². The third-order valence-electron chi connectivity index (χ3n) is 1.31. The maximum absolute atomic E-state index is 11.0. The Kier molecular flexibility index (Phi) is 3.00. The number of rotatable bonds is 4. The van der Waals surface area contributed by atoms with Crippen LogP contribution in [0.15, 0.2) is 12.4 Å². The maximum atomic E-state index is 11.0. The lowest BCUT2D eigenvalue weighted by Gasteiger charge is -1.99. The Morgan fingerprint density at radius 2 is 2.46 bits per heavy atom. The molecule has 0 aliphatic rings. The van der Waals surface area contributed by atoms with E-state index in [1.165, 1.54) is 6.20 Å². The third kappa shape index (κ3) is 3.23. The van der Waals surface area contributed by atoms with Crippen LogP contribution in [0.25, 0.3) is 0 Å². The maximum Gasteiger partial charge on any atom is 0.225 e. The number of nitriles is 1. The number of aromatic amines is 1. The number of H-pyrrole nitrogens is 1. The topological polar surface area (TPSA) is 98.6 Å². The molecule has 0 amide bonds. The highest BCUT2D eigenvalue weighted by Crippen LogP contribution is 1.94. The van der Waals surface area contributed by atoms with Crippen LogP contribution in [0.1, 0.15) is 5.56 Å². The van der Waals surface area contributed by atoms with Gasteiger partial charge in [-0.15, -0.1) is 0 Å². The molecule has 0 saturated carbocycles. The standard InChI is InChI=1S/C6H8N4O2S/c7-1-2-13(11,12)10-5-6-3-8-9-4-6/h3-4,10H,2,5H2,(H,8,9). The molecule has 6 nitrogen and oxygen atoms in total. The molecular weight excluding hydrogens is 192 g/mol. The number of sulfonamides is 1. The summed E-state index contributed by atoms with van der Waals surface area (Å²) in [6.07, 6.45) is 3.09. The summed E-state index contributed by atoms with van der Waals surface area (Å²) in [5.74, 6) is -0.523. The first kappa shape index (κ1) is 9.70. The van der Waals surface area contributed by atoms with Gasteiger partial charge < -0.3 is 0 Å². The van der Waals surface area contributed by atoms with Crippen LogP contribution in [0, 0.1) is 11.3 Å². The zero-order chi connectivity index (χ0) is 9.73. The molecule has 0 unspecified atom stereocenters. The SMILES string of the molecule is N#CCS(=O)(=O)NCc1cn[nH]c1. The largest absolute Gasteiger partial charge is 0.285 e. The molecule has 1 heterocycles. The molecule has 70 valence electrons. The van der Waals surface area contributed by atoms with Crippen LogP contribution in [-0.4, -0.2) is 24.4 Å². The summed E-state index contributed by atoms with van der Waals surface area (Å²) >= 11 is 0. The fourth-order valence-corrected chi connectivity index (χ4v) is 1.36. The molecule has 0 radical (unpaired) electrons. The first-order valence-corrected chi connectivity index (χ1v) is 5.11. The molecule has 13 heavy (non-hydrogen) atoms. The summed E-state index contributed by atoms with van der Waals surface area (Å²) < 4.78 is 24.2. The second-order valence-corrected chi connectivity index (χ2v) is 4.15. The van der Waals surface area contributed by atoms with Gasteiger partial charge in [0, 0.05) is 18.3 Å². The predicted molar refractivity (Wildman–Crippen MR) is 44.8 cm³/mol. The van der Waals surface area contributed by atoms with Crippen molar-refractivity contribution in [2.45, 2.75) is 6.54 Å². The van der Waals surface area contributed by atoms with Crippen molar-refractivity contribution in [3.8, 4) is 6.07 Å². The number of aromatic nitrogens is 2. The van der Waals surface area contributed by atoms with Crippen molar-refractivity contribution in [3.05, 3.63) is 18.0 Å². The Labute approximate surface area is 75.6 Å². The minimum Gasteiger partial charge on any atom is -0.285 e. The van der Waals surface area contributed by atoms with Gasteiger partial charge in [-0.3, -0.25) is 5.10 Å². The highest BCUT2D eigenvalue weighted by Gasteiger charge is 2.08. The molecule has 1 aromatic heterocycles. The molecule has 0 fully saturated rings. The molecular formula is C6H8N4O2S. The molecule has 1 rings (SSSR count). The predicted octanol–water partition coefficient (Wildman–Crippen LogP) is -0.647. The summed E-state index contributed by atoms with van der Waals surface area (Å²) in [4.78, 5) is 0. The molecule has 0 aromatic carbocycles. The van der Waals surface area contributed by atoms with Gasteiger partial charge in [-0.2, -0.15) is 10.4 Å². The van der Waals surface area contributed by atoms with Crippen LogP contribution in [0.4, 0.5) is 0 Å². The summed E-state index contributed by atoms with van der Waals surface area (Å²) in [6, 6.07) is 1.56. The second kappa shape index (κ2) is 4.02. The van der Waals surface area contributed by atoms with E-state index >= 15 is 0 Å². The van der Waals surface area contributed by atoms with E-state index in [2.05, 4.69) is 14.9 Å². The Morgan fingerprint density at radius 3 is 3.00 bits per heavy atom. The van der Waals surface area contributed by atoms with Gasteiger partial charge >= 0.3 is 0 Å². The average molecular weight is 200 g/mol. The minimum absolute atomic E-state index is 0.153. The average Bonchev–Trinajstić information content (AvgIpc) is 2.52. The number of hydrogen-bond acceptors (Lipinski definition) is 4. The highest BCUT2D eigenvalue weighted by molar-refractivity contribution is 7.89. The van der Waals surface area contributed by atoms with Crippen molar-refractivity contribution in [1.82, 2.24) is 14.9 Å². The second-order valence-electron chi connectivity index (χ2n) is 2.34. The first-order valence-electron chi connectivity index (χ1n) is 3.46. The zero-order valence-corrected chi connectivity index (χ0v) is 7.50. The van der Waals surface area contributed by atoms with Crippen molar-refractivity contribution >= 4 is 10.0 Å². The van der Waals surface area contributed by atoms with E-state index in [-0.39, 0.29) is 6.54 Å². The highest BCUT2D eigenvalue weighted by atomic mass is 32.2. The first-order chi connectivity index (χ1) is 6.14. The van der Waals surface area contributed by atoms with Crippen molar-refractivity contribution in [2.75, 3.05) is 5.75 Å². The Balaban J connectivity index is 2.49. The van der Waals surface area contributed by atoms with E-state index in [0.29, 0.717) is 0 Å². The molecule has 0 aliphatic carbocycles. The van der Waals surface area contributed by atoms with Gasteiger partial charge in [-0.25, -0.2) is 13.1 Å². The lowest BCUT2D eigenvalue weighted by molar-refractivity contribution is 0.585. The van der Waals surface area contributed by atoms with Gasteiger partial charge in [0.2, 0.25) is 10.0 Å². The van der Waals surface area contributed by atoms with E-state index < -0.39 is 15.8 Å².